The Morgan fingerprint density at radius 3 is 2.71 bits per heavy atom. The molecule has 2 N–H and O–H groups in total. The number of rotatable bonds is 8. The molecule has 0 radical (unpaired) electrons. The van der Waals surface area contributed by atoms with E-state index < -0.39 is 5.82 Å². The lowest BCUT2D eigenvalue weighted by atomic mass is 9.94. The zero-order chi connectivity index (χ0) is 28.7. The molecular weight excluding hydrogens is 526 g/mol. The number of phenolic OH excluding ortho intramolecular Hbond substituents is 1. The van der Waals surface area contributed by atoms with Crippen LogP contribution in [0.25, 0.3) is 32.9 Å². The molecule has 2 fully saturated rings. The monoisotopic (exact) mass is 562 g/mol. The van der Waals surface area contributed by atoms with Crippen LogP contribution in [0.3, 0.4) is 0 Å². The van der Waals surface area contributed by atoms with Gasteiger partial charge in [-0.1, -0.05) is 19.4 Å². The summed E-state index contributed by atoms with van der Waals surface area (Å²) in [7, 11) is 4.08. The number of aryl methyl sites for hydroxylation is 1. The van der Waals surface area contributed by atoms with E-state index in [1.807, 2.05) is 26.0 Å². The number of nitrogens with one attached hydrogen (secondary N) is 1. The molecule has 1 saturated carbocycles. The van der Waals surface area contributed by atoms with Crippen molar-refractivity contribution >= 4 is 27.5 Å². The van der Waals surface area contributed by atoms with Gasteiger partial charge in [0.1, 0.15) is 22.8 Å². The van der Waals surface area contributed by atoms with Crippen LogP contribution in [-0.4, -0.2) is 65.3 Å². The molecule has 41 heavy (non-hydrogen) atoms. The van der Waals surface area contributed by atoms with Crippen molar-refractivity contribution in [1.29, 1.82) is 0 Å². The summed E-state index contributed by atoms with van der Waals surface area (Å²) in [5, 5.41) is 14.0. The Kier molecular flexibility index (Phi) is 7.37. The van der Waals surface area contributed by atoms with Crippen LogP contribution < -0.4 is 15.2 Å². The SMILES string of the molecule is CCc1c(F)ccc2cc(O)cc(-c3ncc4c(N5CCCCCN5)nc(OCC5(CN(C)C)CC5)nc4c3F)c12. The Labute approximate surface area is 238 Å². The van der Waals surface area contributed by atoms with Gasteiger partial charge in [0.2, 0.25) is 0 Å². The van der Waals surface area contributed by atoms with E-state index in [0.29, 0.717) is 52.7 Å². The number of hydrogen-bond donors (Lipinski definition) is 2. The smallest absolute Gasteiger partial charge is 0.319 e. The van der Waals surface area contributed by atoms with Gasteiger partial charge in [0.05, 0.1) is 12.0 Å². The molecule has 10 heteroatoms. The molecule has 1 aliphatic carbocycles. The maximum atomic E-state index is 16.6. The number of nitrogens with zero attached hydrogens (tertiary/aromatic N) is 5. The zero-order valence-corrected chi connectivity index (χ0v) is 23.8. The van der Waals surface area contributed by atoms with Gasteiger partial charge < -0.3 is 14.7 Å². The van der Waals surface area contributed by atoms with E-state index in [-0.39, 0.29) is 34.2 Å². The molecular formula is C31H36F2N6O2. The predicted octanol–water partition coefficient (Wildman–Crippen LogP) is 5.61. The normalized spacial score (nSPS) is 16.9. The fourth-order valence-electron chi connectivity index (χ4n) is 5.97. The maximum Gasteiger partial charge on any atom is 0.319 e. The summed E-state index contributed by atoms with van der Waals surface area (Å²) in [5.41, 5.74) is 4.27. The number of aromatic hydroxyl groups is 1. The lowest BCUT2D eigenvalue weighted by Crippen LogP contribution is -2.38. The molecule has 0 spiro atoms. The number of pyridine rings is 1. The van der Waals surface area contributed by atoms with Gasteiger partial charge in [-0.05, 0) is 80.7 Å². The van der Waals surface area contributed by atoms with Crippen molar-refractivity contribution in [2.75, 3.05) is 45.3 Å². The minimum Gasteiger partial charge on any atom is -0.508 e. The van der Waals surface area contributed by atoms with Crippen molar-refractivity contribution in [3.63, 3.8) is 0 Å². The van der Waals surface area contributed by atoms with E-state index in [2.05, 4.69) is 20.3 Å². The van der Waals surface area contributed by atoms with Gasteiger partial charge >= 0.3 is 6.01 Å². The zero-order valence-electron chi connectivity index (χ0n) is 23.8. The molecule has 2 aromatic carbocycles. The Morgan fingerprint density at radius 1 is 1.12 bits per heavy atom. The molecule has 0 amide bonds. The highest BCUT2D eigenvalue weighted by molar-refractivity contribution is 6.01. The van der Waals surface area contributed by atoms with E-state index in [0.717, 1.165) is 45.2 Å². The third kappa shape index (κ3) is 5.38. The van der Waals surface area contributed by atoms with Crippen molar-refractivity contribution in [1.82, 2.24) is 25.3 Å². The van der Waals surface area contributed by atoms with E-state index in [9.17, 15) is 9.50 Å². The number of ether oxygens (including phenoxy) is 1. The second-order valence-corrected chi connectivity index (χ2v) is 11.6. The predicted molar refractivity (Wildman–Crippen MR) is 156 cm³/mol. The number of fused-ring (bicyclic) bond motifs is 2. The maximum absolute atomic E-state index is 16.6. The summed E-state index contributed by atoms with van der Waals surface area (Å²) in [5.74, 6) is -0.589. The van der Waals surface area contributed by atoms with Crippen molar-refractivity contribution in [2.24, 2.45) is 5.41 Å². The van der Waals surface area contributed by atoms with Gasteiger partial charge in [0, 0.05) is 36.8 Å². The van der Waals surface area contributed by atoms with E-state index in [1.54, 1.807) is 18.3 Å². The molecule has 3 heterocycles. The molecule has 0 unspecified atom stereocenters. The van der Waals surface area contributed by atoms with E-state index in [4.69, 9.17) is 9.72 Å². The van der Waals surface area contributed by atoms with Crippen molar-refractivity contribution in [3.8, 4) is 23.0 Å². The van der Waals surface area contributed by atoms with Crippen molar-refractivity contribution < 1.29 is 18.6 Å². The van der Waals surface area contributed by atoms with Crippen molar-refractivity contribution in [3.05, 3.63) is 47.7 Å². The number of anilines is 1. The third-order valence-corrected chi connectivity index (χ3v) is 8.14. The summed E-state index contributed by atoms with van der Waals surface area (Å²) in [6, 6.07) is 6.06. The van der Waals surface area contributed by atoms with Crippen LogP contribution in [0.2, 0.25) is 0 Å². The minimum atomic E-state index is -0.668. The van der Waals surface area contributed by atoms with E-state index in [1.165, 1.54) is 12.1 Å². The summed E-state index contributed by atoms with van der Waals surface area (Å²) in [4.78, 5) is 16.0. The molecule has 1 aliphatic heterocycles. The Hall–Kier alpha value is -3.63. The molecule has 2 aromatic heterocycles. The summed E-state index contributed by atoms with van der Waals surface area (Å²) < 4.78 is 37.6. The Morgan fingerprint density at radius 2 is 1.95 bits per heavy atom. The highest BCUT2D eigenvalue weighted by Gasteiger charge is 2.44. The average molecular weight is 563 g/mol. The number of halogens is 2. The Bertz CT molecular complexity index is 1600. The number of hydrazine groups is 1. The molecule has 1 saturated heterocycles. The lowest BCUT2D eigenvalue weighted by Gasteiger charge is -2.25. The fourth-order valence-corrected chi connectivity index (χ4v) is 5.97. The van der Waals surface area contributed by atoms with Gasteiger partial charge in [-0.15, -0.1) is 0 Å². The molecule has 0 atom stereocenters. The van der Waals surface area contributed by atoms with Crippen molar-refractivity contribution in [2.45, 2.75) is 45.4 Å². The van der Waals surface area contributed by atoms with Crippen LogP contribution in [-0.2, 0) is 6.42 Å². The molecule has 6 rings (SSSR count). The second-order valence-electron chi connectivity index (χ2n) is 11.6. The van der Waals surface area contributed by atoms with Gasteiger partial charge in [-0.25, -0.2) is 14.2 Å². The van der Waals surface area contributed by atoms with Crippen LogP contribution in [0.4, 0.5) is 14.6 Å². The second kappa shape index (κ2) is 11.0. The molecule has 0 bridgehead atoms. The Balaban J connectivity index is 1.51. The van der Waals surface area contributed by atoms with Crippen LogP contribution in [0.1, 0.15) is 44.6 Å². The third-order valence-electron chi connectivity index (χ3n) is 8.14. The summed E-state index contributed by atoms with van der Waals surface area (Å²) >= 11 is 0. The highest BCUT2D eigenvalue weighted by Crippen LogP contribution is 2.46. The molecule has 216 valence electrons. The number of benzene rings is 2. The van der Waals surface area contributed by atoms with Crippen LogP contribution >= 0.6 is 0 Å². The standard InChI is InChI=1S/C31H36F2N6O2/c1-4-21-24(32)9-8-19-14-20(40)15-22(25(19)21)27-26(33)28-23(16-34-27)29(39-13-7-5-6-12-35-39)37-30(36-28)41-18-31(10-11-31)17-38(2)3/h8-9,14-16,35,40H,4-7,10-13,17-18H2,1-3H3. The first-order valence-electron chi connectivity index (χ1n) is 14.4. The largest absolute Gasteiger partial charge is 0.508 e. The first kappa shape index (κ1) is 27.5. The van der Waals surface area contributed by atoms with Crippen LogP contribution in [0.15, 0.2) is 30.5 Å². The number of aromatic nitrogens is 3. The van der Waals surface area contributed by atoms with Crippen LogP contribution in [0.5, 0.6) is 11.8 Å². The van der Waals surface area contributed by atoms with E-state index >= 15 is 4.39 Å². The number of hydrogen-bond acceptors (Lipinski definition) is 8. The first-order chi connectivity index (χ1) is 19.8. The molecule has 2 aliphatic rings. The minimum absolute atomic E-state index is 0.00982. The highest BCUT2D eigenvalue weighted by atomic mass is 19.1. The quantitative estimate of drug-likeness (QED) is 0.287. The van der Waals surface area contributed by atoms with Gasteiger partial charge in [0.15, 0.2) is 11.6 Å². The lowest BCUT2D eigenvalue weighted by molar-refractivity contribution is 0.183. The molecule has 8 nitrogen and oxygen atoms in total. The first-order valence-corrected chi connectivity index (χ1v) is 14.4. The topological polar surface area (TPSA) is 86.6 Å². The fraction of sp³-hybridized carbons (Fsp3) is 0.452. The van der Waals surface area contributed by atoms with Gasteiger partial charge in [-0.2, -0.15) is 9.97 Å². The van der Waals surface area contributed by atoms with Gasteiger partial charge in [-0.3, -0.25) is 9.99 Å². The summed E-state index contributed by atoms with van der Waals surface area (Å²) in [6.45, 7) is 4.67. The average Bonchev–Trinajstić information content (AvgIpc) is 3.75. The van der Waals surface area contributed by atoms with Gasteiger partial charge in [0.25, 0.3) is 0 Å². The van der Waals surface area contributed by atoms with Crippen LogP contribution in [0, 0.1) is 17.0 Å². The summed E-state index contributed by atoms with van der Waals surface area (Å²) in [6.07, 6.45) is 7.17. The number of phenols is 1. The molecule has 4 aromatic rings.